The summed E-state index contributed by atoms with van der Waals surface area (Å²) in [5.74, 6) is 0. The van der Waals surface area contributed by atoms with Crippen molar-refractivity contribution in [2.24, 2.45) is 0 Å². The third kappa shape index (κ3) is 3.30. The van der Waals surface area contributed by atoms with Crippen molar-refractivity contribution in [3.63, 3.8) is 0 Å². The van der Waals surface area contributed by atoms with Crippen LogP contribution in [0.25, 0.3) is 5.57 Å². The number of alkyl halides is 3. The largest absolute Gasteiger partial charge is 0.598 e. The Hall–Kier alpha value is -1.73. The predicted molar refractivity (Wildman–Crippen MR) is 95.7 cm³/mol. The first-order chi connectivity index (χ1) is 11.9. The maximum absolute atomic E-state index is 13.5. The van der Waals surface area contributed by atoms with E-state index in [4.69, 9.17) is 9.31 Å². The molecule has 0 bridgehead atoms. The second-order valence-electron chi connectivity index (χ2n) is 7.73. The van der Waals surface area contributed by atoms with Gasteiger partial charge in [0.25, 0.3) is 0 Å². The molecule has 0 amide bonds. The number of hydrogen-bond acceptors (Lipinski definition) is 3. The standard InChI is InChI=1S/C19H23BF3NO2/c1-13-16(14-9-7-6-8-10-14)11-15(19(21,22)23)12-24(13)20-25-17(2,3)18(4,5)26-20/h6-10,12H,11H2,1-5H3. The maximum atomic E-state index is 13.5. The van der Waals surface area contributed by atoms with Crippen molar-refractivity contribution < 1.29 is 22.5 Å². The minimum absolute atomic E-state index is 0.171. The Morgan fingerprint density at radius 3 is 2.04 bits per heavy atom. The lowest BCUT2D eigenvalue weighted by Gasteiger charge is -2.32. The Morgan fingerprint density at radius 1 is 1.00 bits per heavy atom. The van der Waals surface area contributed by atoms with Crippen LogP contribution in [0.4, 0.5) is 13.2 Å². The first-order valence-electron chi connectivity index (χ1n) is 8.59. The van der Waals surface area contributed by atoms with Crippen molar-refractivity contribution in [2.75, 3.05) is 0 Å². The third-order valence-corrected chi connectivity index (χ3v) is 5.44. The molecule has 0 aliphatic carbocycles. The summed E-state index contributed by atoms with van der Waals surface area (Å²) in [5.41, 5.74) is 0.208. The van der Waals surface area contributed by atoms with Gasteiger partial charge in [0.15, 0.2) is 0 Å². The highest BCUT2D eigenvalue weighted by Crippen LogP contribution is 2.43. The number of nitrogens with zero attached hydrogens (tertiary/aromatic N) is 1. The molecule has 0 saturated carbocycles. The van der Waals surface area contributed by atoms with Gasteiger partial charge in [-0.1, -0.05) is 30.3 Å². The number of rotatable bonds is 2. The molecule has 0 N–H and O–H groups in total. The van der Waals surface area contributed by atoms with E-state index in [1.165, 1.54) is 4.81 Å². The predicted octanol–water partition coefficient (Wildman–Crippen LogP) is 5.16. The second kappa shape index (κ2) is 6.17. The van der Waals surface area contributed by atoms with Crippen molar-refractivity contribution in [3.8, 4) is 0 Å². The SMILES string of the molecule is CC1=C(c2ccccc2)CC(C(F)(F)F)=CN1B1OC(C)(C)C(C)(C)O1. The Labute approximate surface area is 152 Å². The van der Waals surface area contributed by atoms with Gasteiger partial charge in [-0.05, 0) is 45.8 Å². The molecule has 1 aromatic rings. The van der Waals surface area contributed by atoms with Crippen LogP contribution in [-0.2, 0) is 9.31 Å². The maximum Gasteiger partial charge on any atom is 0.598 e. The van der Waals surface area contributed by atoms with Crippen molar-refractivity contribution in [2.45, 2.75) is 58.4 Å². The summed E-state index contributed by atoms with van der Waals surface area (Å²) in [6.07, 6.45) is -3.47. The molecule has 1 saturated heterocycles. The van der Waals surface area contributed by atoms with Crippen LogP contribution in [0.1, 0.15) is 46.6 Å². The first-order valence-corrected chi connectivity index (χ1v) is 8.59. The van der Waals surface area contributed by atoms with Crippen LogP contribution in [-0.4, -0.2) is 29.4 Å². The molecule has 0 aromatic heterocycles. The monoisotopic (exact) mass is 365 g/mol. The fraction of sp³-hybridized carbons (Fsp3) is 0.474. The van der Waals surface area contributed by atoms with E-state index in [9.17, 15) is 13.2 Å². The normalized spacial score (nSPS) is 22.7. The van der Waals surface area contributed by atoms with Crippen molar-refractivity contribution in [1.82, 2.24) is 4.81 Å². The minimum atomic E-state index is -4.41. The Kier molecular flexibility index (Phi) is 4.52. The zero-order valence-corrected chi connectivity index (χ0v) is 15.6. The van der Waals surface area contributed by atoms with E-state index in [-0.39, 0.29) is 6.42 Å². The van der Waals surface area contributed by atoms with Gasteiger partial charge in [0.1, 0.15) is 0 Å². The molecule has 2 aliphatic rings. The van der Waals surface area contributed by atoms with E-state index < -0.39 is 30.2 Å². The van der Waals surface area contributed by atoms with Gasteiger partial charge < -0.3 is 14.1 Å². The average molecular weight is 365 g/mol. The molecule has 3 rings (SSSR count). The molecule has 0 radical (unpaired) electrons. The molecular formula is C19H23BF3NO2. The summed E-state index contributed by atoms with van der Waals surface area (Å²) in [7, 11) is -0.906. The van der Waals surface area contributed by atoms with Crippen molar-refractivity contribution in [3.05, 3.63) is 53.4 Å². The Balaban J connectivity index is 2.04. The summed E-state index contributed by atoms with van der Waals surface area (Å²) >= 11 is 0. The molecule has 0 unspecified atom stereocenters. The van der Waals surface area contributed by atoms with Crippen LogP contribution >= 0.6 is 0 Å². The zero-order chi connectivity index (χ0) is 19.3. The molecule has 1 fully saturated rings. The zero-order valence-electron chi connectivity index (χ0n) is 15.6. The molecule has 0 spiro atoms. The van der Waals surface area contributed by atoms with E-state index >= 15 is 0 Å². The summed E-state index contributed by atoms with van der Waals surface area (Å²) in [5, 5.41) is 0. The fourth-order valence-corrected chi connectivity index (χ4v) is 3.05. The molecule has 1 aromatic carbocycles. The first kappa shape index (κ1) is 19.0. The third-order valence-electron chi connectivity index (χ3n) is 5.44. The number of hydrogen-bond donors (Lipinski definition) is 0. The summed E-state index contributed by atoms with van der Waals surface area (Å²) < 4.78 is 52.5. The van der Waals surface area contributed by atoms with Crippen molar-refractivity contribution in [1.29, 1.82) is 0 Å². The van der Waals surface area contributed by atoms with Gasteiger partial charge in [-0.25, -0.2) is 0 Å². The molecule has 26 heavy (non-hydrogen) atoms. The molecule has 140 valence electrons. The molecule has 3 nitrogen and oxygen atoms in total. The van der Waals surface area contributed by atoms with E-state index in [0.29, 0.717) is 11.3 Å². The Bertz CT molecular complexity index is 738. The van der Waals surface area contributed by atoms with E-state index in [0.717, 1.165) is 11.8 Å². The lowest BCUT2D eigenvalue weighted by molar-refractivity contribution is -0.0937. The Morgan fingerprint density at radius 2 is 1.54 bits per heavy atom. The van der Waals surface area contributed by atoms with E-state index in [1.54, 1.807) is 6.92 Å². The van der Waals surface area contributed by atoms with E-state index in [2.05, 4.69) is 0 Å². The van der Waals surface area contributed by atoms with Gasteiger partial charge in [-0.3, -0.25) is 0 Å². The highest BCUT2D eigenvalue weighted by atomic mass is 19.4. The highest BCUT2D eigenvalue weighted by Gasteiger charge is 2.55. The van der Waals surface area contributed by atoms with Crippen LogP contribution < -0.4 is 0 Å². The van der Waals surface area contributed by atoms with E-state index in [1.807, 2.05) is 58.0 Å². The number of halogens is 3. The quantitative estimate of drug-likeness (QED) is 0.676. The second-order valence-corrected chi connectivity index (χ2v) is 7.73. The number of allylic oxidation sites excluding steroid dienone is 3. The van der Waals surface area contributed by atoms with Crippen LogP contribution in [0.3, 0.4) is 0 Å². The van der Waals surface area contributed by atoms with Crippen LogP contribution in [0, 0.1) is 0 Å². The van der Waals surface area contributed by atoms with Gasteiger partial charge in [0.05, 0.1) is 16.8 Å². The average Bonchev–Trinajstić information content (AvgIpc) is 2.75. The van der Waals surface area contributed by atoms with Gasteiger partial charge in [0.2, 0.25) is 0 Å². The molecule has 2 aliphatic heterocycles. The number of benzene rings is 1. The molecule has 2 heterocycles. The van der Waals surface area contributed by atoms with Crippen LogP contribution in [0.15, 0.2) is 47.8 Å². The van der Waals surface area contributed by atoms with Gasteiger partial charge in [0, 0.05) is 18.3 Å². The van der Waals surface area contributed by atoms with Gasteiger partial charge in [-0.15, -0.1) is 0 Å². The topological polar surface area (TPSA) is 21.7 Å². The minimum Gasteiger partial charge on any atom is -0.384 e. The van der Waals surface area contributed by atoms with Crippen molar-refractivity contribution >= 4 is 12.8 Å². The summed E-state index contributed by atoms with van der Waals surface area (Å²) in [6.45, 7) is 9.31. The van der Waals surface area contributed by atoms with Crippen LogP contribution in [0.2, 0.25) is 0 Å². The lowest BCUT2D eigenvalue weighted by Crippen LogP contribution is -2.41. The highest BCUT2D eigenvalue weighted by molar-refractivity contribution is 6.43. The van der Waals surface area contributed by atoms with Crippen LogP contribution in [0.5, 0.6) is 0 Å². The lowest BCUT2D eigenvalue weighted by atomic mass is 9.89. The summed E-state index contributed by atoms with van der Waals surface area (Å²) in [6, 6.07) is 9.12. The van der Waals surface area contributed by atoms with Gasteiger partial charge in [-0.2, -0.15) is 13.2 Å². The molecule has 0 atom stereocenters. The molecule has 7 heteroatoms. The van der Waals surface area contributed by atoms with Gasteiger partial charge >= 0.3 is 13.4 Å². The fourth-order valence-electron chi connectivity index (χ4n) is 3.05. The summed E-state index contributed by atoms with van der Waals surface area (Å²) in [4.78, 5) is 1.46. The molecular weight excluding hydrogens is 342 g/mol. The smallest absolute Gasteiger partial charge is 0.384 e.